The first kappa shape index (κ1) is 16.9. The van der Waals surface area contributed by atoms with Crippen LogP contribution < -0.4 is 4.74 Å². The lowest BCUT2D eigenvalue weighted by atomic mass is 9.70. The van der Waals surface area contributed by atoms with E-state index >= 15 is 0 Å². The number of fused-ring (bicyclic) bond motifs is 6. The minimum Gasteiger partial charge on any atom is -0.508 e. The van der Waals surface area contributed by atoms with Crippen LogP contribution in [0.15, 0.2) is 60.4 Å². The fourth-order valence-electron chi connectivity index (χ4n) is 4.47. The van der Waals surface area contributed by atoms with E-state index < -0.39 is 11.7 Å². The minimum absolute atomic E-state index is 0.0617. The van der Waals surface area contributed by atoms with Gasteiger partial charge in [-0.1, -0.05) is 32.1 Å². The molecule has 0 radical (unpaired) electrons. The van der Waals surface area contributed by atoms with Gasteiger partial charge in [-0.2, -0.15) is 0 Å². The number of ether oxygens (including phenoxy) is 2. The highest BCUT2D eigenvalue weighted by Gasteiger charge is 2.58. The summed E-state index contributed by atoms with van der Waals surface area (Å²) in [6.07, 6.45) is 4.51. The minimum atomic E-state index is -1.07. The van der Waals surface area contributed by atoms with Gasteiger partial charge in [0.15, 0.2) is 5.60 Å². The van der Waals surface area contributed by atoms with Crippen LogP contribution >= 0.6 is 0 Å². The highest BCUT2D eigenvalue weighted by molar-refractivity contribution is 5.96. The van der Waals surface area contributed by atoms with Gasteiger partial charge >= 0.3 is 5.97 Å². The van der Waals surface area contributed by atoms with Gasteiger partial charge in [0.05, 0.1) is 11.5 Å². The average molecular weight is 376 g/mol. The van der Waals surface area contributed by atoms with Gasteiger partial charge in [-0.05, 0) is 41.8 Å². The average Bonchev–Trinajstić information content (AvgIpc) is 2.94. The first-order valence-electron chi connectivity index (χ1n) is 9.37. The first-order valence-corrected chi connectivity index (χ1v) is 9.37. The number of phenolic OH excluding ortho intramolecular Hbond substituents is 1. The van der Waals surface area contributed by atoms with Crippen molar-refractivity contribution in [3.8, 4) is 11.5 Å². The molecule has 0 fully saturated rings. The predicted molar refractivity (Wildman–Crippen MR) is 103 cm³/mol. The summed E-state index contributed by atoms with van der Waals surface area (Å²) >= 11 is 0. The Kier molecular flexibility index (Phi) is 3.41. The number of allylic oxidation sites excluding steroid dienone is 1. The van der Waals surface area contributed by atoms with Crippen LogP contribution in [0.3, 0.4) is 0 Å². The predicted octanol–water partition coefficient (Wildman–Crippen LogP) is 4.32. The largest absolute Gasteiger partial charge is 0.508 e. The van der Waals surface area contributed by atoms with E-state index in [-0.39, 0.29) is 29.3 Å². The maximum Gasteiger partial charge on any atom is 0.339 e. The molecule has 2 aromatic carbocycles. The monoisotopic (exact) mass is 376 g/mol. The molecule has 0 bridgehead atoms. The summed E-state index contributed by atoms with van der Waals surface area (Å²) in [6.45, 7) is 4.16. The van der Waals surface area contributed by atoms with Gasteiger partial charge in [0, 0.05) is 17.2 Å². The van der Waals surface area contributed by atoms with E-state index in [9.17, 15) is 15.0 Å². The second-order valence-electron chi connectivity index (χ2n) is 7.82. The molecule has 2 heterocycles. The first-order chi connectivity index (χ1) is 13.4. The highest BCUT2D eigenvalue weighted by atomic mass is 16.6. The number of phenols is 1. The molecule has 2 N–H and O–H groups in total. The molecule has 3 atom stereocenters. The Morgan fingerprint density at radius 1 is 1.07 bits per heavy atom. The van der Waals surface area contributed by atoms with Crippen LogP contribution in [-0.2, 0) is 10.3 Å². The quantitative estimate of drug-likeness (QED) is 0.725. The Hall–Kier alpha value is -3.21. The second kappa shape index (κ2) is 5.64. The van der Waals surface area contributed by atoms with Crippen molar-refractivity contribution < 1.29 is 24.5 Å². The lowest BCUT2D eigenvalue weighted by Crippen LogP contribution is -2.48. The highest BCUT2D eigenvalue weighted by Crippen LogP contribution is 2.56. The molecule has 0 saturated heterocycles. The third-order valence-electron chi connectivity index (χ3n) is 5.85. The number of esters is 1. The third-order valence-corrected chi connectivity index (χ3v) is 5.85. The molecule has 2 aromatic rings. The Balaban J connectivity index is 1.79. The van der Waals surface area contributed by atoms with Crippen LogP contribution in [0.25, 0.3) is 0 Å². The van der Waals surface area contributed by atoms with Crippen molar-refractivity contribution in [1.29, 1.82) is 0 Å². The molecule has 142 valence electrons. The molecule has 1 aliphatic carbocycles. The number of hydrogen-bond acceptors (Lipinski definition) is 5. The molecule has 2 aliphatic heterocycles. The second-order valence-corrected chi connectivity index (χ2v) is 7.82. The maximum atomic E-state index is 12.9. The van der Waals surface area contributed by atoms with Crippen molar-refractivity contribution in [3.63, 3.8) is 0 Å². The normalized spacial score (nSPS) is 27.0. The van der Waals surface area contributed by atoms with Crippen LogP contribution in [0.2, 0.25) is 0 Å². The topological polar surface area (TPSA) is 76.0 Å². The van der Waals surface area contributed by atoms with Gasteiger partial charge in [-0.25, -0.2) is 4.79 Å². The lowest BCUT2D eigenvalue weighted by Gasteiger charge is -2.44. The van der Waals surface area contributed by atoms with Crippen molar-refractivity contribution in [2.75, 3.05) is 0 Å². The molecule has 0 saturated carbocycles. The standard InChI is InChI=1S/C23H20O5/c1-12(2)13-3-6-17-16(9-13)22(26)28-23(17)18-7-4-14(24)10-20(18)27-21-11-15(25)5-8-19(21)23/h3-12,18,20,24-25H,1-2H3. The Morgan fingerprint density at radius 3 is 2.64 bits per heavy atom. The van der Waals surface area contributed by atoms with Crippen molar-refractivity contribution in [1.82, 2.24) is 0 Å². The SMILES string of the molecule is CC(C)c1ccc2c(c1)C(=O)OC21c2ccc(O)cc2OC2C=C(O)C=CC21. The summed E-state index contributed by atoms with van der Waals surface area (Å²) in [4.78, 5) is 12.9. The zero-order valence-corrected chi connectivity index (χ0v) is 15.5. The van der Waals surface area contributed by atoms with Gasteiger partial charge in [0.1, 0.15) is 23.4 Å². The molecule has 5 rings (SSSR count). The third kappa shape index (κ3) is 2.16. The summed E-state index contributed by atoms with van der Waals surface area (Å²) in [5.41, 5.74) is 2.03. The van der Waals surface area contributed by atoms with E-state index in [0.29, 0.717) is 16.9 Å². The molecule has 1 spiro atoms. The number of aromatic hydroxyl groups is 1. The van der Waals surface area contributed by atoms with Crippen molar-refractivity contribution in [2.24, 2.45) is 5.92 Å². The van der Waals surface area contributed by atoms with E-state index in [0.717, 1.165) is 11.1 Å². The Morgan fingerprint density at radius 2 is 1.86 bits per heavy atom. The summed E-state index contributed by atoms with van der Waals surface area (Å²) in [7, 11) is 0. The number of carbonyl (C=O) groups is 1. The molecule has 28 heavy (non-hydrogen) atoms. The van der Waals surface area contributed by atoms with Crippen LogP contribution in [0.1, 0.15) is 46.8 Å². The van der Waals surface area contributed by atoms with Crippen molar-refractivity contribution in [3.05, 3.63) is 82.6 Å². The van der Waals surface area contributed by atoms with E-state index in [1.54, 1.807) is 24.3 Å². The molecule has 5 heteroatoms. The summed E-state index contributed by atoms with van der Waals surface area (Å²) in [5.74, 6) is 0.177. The maximum absolute atomic E-state index is 12.9. The van der Waals surface area contributed by atoms with Gasteiger partial charge < -0.3 is 19.7 Å². The summed E-state index contributed by atoms with van der Waals surface area (Å²) < 4.78 is 12.2. The van der Waals surface area contributed by atoms with E-state index in [1.165, 1.54) is 6.07 Å². The van der Waals surface area contributed by atoms with Gasteiger partial charge in [0.25, 0.3) is 0 Å². The lowest BCUT2D eigenvalue weighted by molar-refractivity contribution is -0.0424. The van der Waals surface area contributed by atoms with E-state index in [2.05, 4.69) is 13.8 Å². The summed E-state index contributed by atoms with van der Waals surface area (Å²) in [6, 6.07) is 10.7. The summed E-state index contributed by atoms with van der Waals surface area (Å²) in [5, 5.41) is 19.9. The van der Waals surface area contributed by atoms with Crippen LogP contribution in [0, 0.1) is 5.92 Å². The number of aliphatic hydroxyl groups excluding tert-OH is 1. The van der Waals surface area contributed by atoms with Crippen molar-refractivity contribution >= 4 is 5.97 Å². The molecule has 0 aromatic heterocycles. The number of carbonyl (C=O) groups excluding carboxylic acids is 1. The number of aliphatic hydroxyl groups is 1. The van der Waals surface area contributed by atoms with E-state index in [4.69, 9.17) is 9.47 Å². The van der Waals surface area contributed by atoms with E-state index in [1.807, 2.05) is 24.3 Å². The fourth-order valence-corrected chi connectivity index (χ4v) is 4.47. The molecule has 5 nitrogen and oxygen atoms in total. The molecule has 0 amide bonds. The van der Waals surface area contributed by atoms with Gasteiger partial charge in [0.2, 0.25) is 0 Å². The zero-order valence-electron chi connectivity index (χ0n) is 15.5. The number of rotatable bonds is 1. The molecule has 3 unspecified atom stereocenters. The number of hydrogen-bond donors (Lipinski definition) is 2. The fraction of sp³-hybridized carbons (Fsp3) is 0.261. The molecular weight excluding hydrogens is 356 g/mol. The van der Waals surface area contributed by atoms with Crippen LogP contribution in [-0.4, -0.2) is 22.3 Å². The van der Waals surface area contributed by atoms with Crippen LogP contribution in [0.4, 0.5) is 0 Å². The zero-order chi connectivity index (χ0) is 19.6. The van der Waals surface area contributed by atoms with Gasteiger partial charge in [-0.15, -0.1) is 0 Å². The van der Waals surface area contributed by atoms with Crippen molar-refractivity contribution in [2.45, 2.75) is 31.5 Å². The molecule has 3 aliphatic rings. The van der Waals surface area contributed by atoms with Gasteiger partial charge in [-0.3, -0.25) is 0 Å². The van der Waals surface area contributed by atoms with Crippen LogP contribution in [0.5, 0.6) is 11.5 Å². The Labute approximate surface area is 162 Å². The number of benzene rings is 2. The Bertz CT molecular complexity index is 1060. The molecular formula is C23H20O5. The smallest absolute Gasteiger partial charge is 0.339 e.